The van der Waals surface area contributed by atoms with Crippen LogP contribution in [-0.4, -0.2) is 42.7 Å². The van der Waals surface area contributed by atoms with Crippen LogP contribution in [0.15, 0.2) is 43.0 Å². The van der Waals surface area contributed by atoms with E-state index >= 15 is 0 Å². The largest absolute Gasteiger partial charge is 0.390 e. The molecule has 134 valence electrons. The summed E-state index contributed by atoms with van der Waals surface area (Å²) in [6, 6.07) is 8.90. The molecule has 2 N–H and O–H groups in total. The van der Waals surface area contributed by atoms with Gasteiger partial charge in [0.15, 0.2) is 17.0 Å². The number of nitrogens with zero attached hydrogens (tertiary/aromatic N) is 4. The number of imidazole rings is 1. The summed E-state index contributed by atoms with van der Waals surface area (Å²) in [4.78, 5) is 25.2. The number of aromatic nitrogens is 4. The molecule has 0 saturated carbocycles. The van der Waals surface area contributed by atoms with Gasteiger partial charge in [0, 0.05) is 12.0 Å². The monoisotopic (exact) mass is 353 g/mol. The summed E-state index contributed by atoms with van der Waals surface area (Å²) < 4.78 is 7.66. The number of carbonyl (C=O) groups is 1. The van der Waals surface area contributed by atoms with E-state index in [1.165, 1.54) is 6.33 Å². The minimum absolute atomic E-state index is 0.198. The average molecular weight is 353 g/mol. The minimum atomic E-state index is -0.512. The standard InChI is InChI=1S/C18H19N5O3/c1-2-13-12(24)8-14(26-13)23-10-21-15-16(19-9-20-17(15)23)22-18(25)11-6-4-3-5-7-11/h3-7,9-10,12-14,24H,2,8H2,1H3,(H,19,20,22,25)/t12?,13-,14-/m1/s1. The number of benzene rings is 1. The molecule has 1 aliphatic rings. The topological polar surface area (TPSA) is 102 Å². The zero-order valence-corrected chi connectivity index (χ0v) is 14.2. The molecule has 3 atom stereocenters. The smallest absolute Gasteiger partial charge is 0.256 e. The molecule has 1 aliphatic heterocycles. The fourth-order valence-corrected chi connectivity index (χ4v) is 3.18. The molecule has 1 amide bonds. The fraction of sp³-hybridized carbons (Fsp3) is 0.333. The number of anilines is 1. The van der Waals surface area contributed by atoms with Gasteiger partial charge < -0.3 is 15.2 Å². The van der Waals surface area contributed by atoms with Crippen molar-refractivity contribution in [2.75, 3.05) is 5.32 Å². The molecule has 1 unspecified atom stereocenters. The summed E-state index contributed by atoms with van der Waals surface area (Å²) in [5, 5.41) is 12.9. The van der Waals surface area contributed by atoms with Crippen molar-refractivity contribution in [3.8, 4) is 0 Å². The SMILES string of the molecule is CC[C@H]1O[C@@H](n2cnc3c(NC(=O)c4ccccc4)ncnc32)CC1O. The zero-order valence-electron chi connectivity index (χ0n) is 14.2. The van der Waals surface area contributed by atoms with Gasteiger partial charge in [-0.25, -0.2) is 15.0 Å². The Balaban J connectivity index is 1.63. The van der Waals surface area contributed by atoms with E-state index in [0.717, 1.165) is 6.42 Å². The molecule has 0 bridgehead atoms. The molecule has 0 spiro atoms. The van der Waals surface area contributed by atoms with Crippen LogP contribution in [-0.2, 0) is 4.74 Å². The van der Waals surface area contributed by atoms with Gasteiger partial charge in [-0.05, 0) is 18.6 Å². The number of ether oxygens (including phenoxy) is 1. The van der Waals surface area contributed by atoms with Crippen molar-refractivity contribution >= 4 is 22.9 Å². The maximum absolute atomic E-state index is 12.4. The number of rotatable bonds is 4. The predicted octanol–water partition coefficient (Wildman–Crippen LogP) is 2.14. The summed E-state index contributed by atoms with van der Waals surface area (Å²) >= 11 is 0. The van der Waals surface area contributed by atoms with Crippen LogP contribution >= 0.6 is 0 Å². The number of aliphatic hydroxyl groups excluding tert-OH is 1. The Labute approximate surface area is 149 Å². The van der Waals surface area contributed by atoms with E-state index < -0.39 is 6.10 Å². The minimum Gasteiger partial charge on any atom is -0.390 e. The van der Waals surface area contributed by atoms with Gasteiger partial charge in [0.05, 0.1) is 18.5 Å². The number of aliphatic hydroxyl groups is 1. The van der Waals surface area contributed by atoms with E-state index in [2.05, 4.69) is 20.3 Å². The second kappa shape index (κ2) is 6.81. The van der Waals surface area contributed by atoms with E-state index in [1.807, 2.05) is 13.0 Å². The number of carbonyl (C=O) groups excluding carboxylic acids is 1. The lowest BCUT2D eigenvalue weighted by molar-refractivity contribution is -0.0183. The van der Waals surface area contributed by atoms with Gasteiger partial charge in [0.1, 0.15) is 12.6 Å². The normalized spacial score (nSPS) is 22.6. The first-order valence-electron chi connectivity index (χ1n) is 8.55. The molecule has 8 heteroatoms. The predicted molar refractivity (Wildman–Crippen MR) is 94.5 cm³/mol. The average Bonchev–Trinajstić information content (AvgIpc) is 3.26. The second-order valence-corrected chi connectivity index (χ2v) is 6.21. The molecule has 1 aromatic carbocycles. The highest BCUT2D eigenvalue weighted by Gasteiger charge is 2.34. The Kier molecular flexibility index (Phi) is 4.36. The molecule has 4 rings (SSSR count). The third-order valence-corrected chi connectivity index (χ3v) is 4.54. The molecule has 8 nitrogen and oxygen atoms in total. The fourth-order valence-electron chi connectivity index (χ4n) is 3.18. The van der Waals surface area contributed by atoms with E-state index in [4.69, 9.17) is 4.74 Å². The summed E-state index contributed by atoms with van der Waals surface area (Å²) in [7, 11) is 0. The highest BCUT2D eigenvalue weighted by molar-refractivity contribution is 6.06. The van der Waals surface area contributed by atoms with Crippen molar-refractivity contribution in [1.82, 2.24) is 19.5 Å². The second-order valence-electron chi connectivity index (χ2n) is 6.21. The van der Waals surface area contributed by atoms with Crippen LogP contribution in [0.1, 0.15) is 36.4 Å². The maximum atomic E-state index is 12.4. The number of amides is 1. The zero-order chi connectivity index (χ0) is 18.1. The van der Waals surface area contributed by atoms with E-state index in [-0.39, 0.29) is 18.2 Å². The third-order valence-electron chi connectivity index (χ3n) is 4.54. The van der Waals surface area contributed by atoms with Crippen molar-refractivity contribution in [3.05, 3.63) is 48.5 Å². The quantitative estimate of drug-likeness (QED) is 0.745. The van der Waals surface area contributed by atoms with Crippen LogP contribution in [0.2, 0.25) is 0 Å². The summed E-state index contributed by atoms with van der Waals surface area (Å²) in [6.45, 7) is 1.97. The van der Waals surface area contributed by atoms with Crippen LogP contribution in [0, 0.1) is 0 Å². The first-order valence-corrected chi connectivity index (χ1v) is 8.55. The van der Waals surface area contributed by atoms with Gasteiger partial charge in [-0.3, -0.25) is 9.36 Å². The molecule has 3 heterocycles. The lowest BCUT2D eigenvalue weighted by Crippen LogP contribution is -2.19. The maximum Gasteiger partial charge on any atom is 0.256 e. The molecular weight excluding hydrogens is 334 g/mol. The Bertz CT molecular complexity index is 927. The number of fused-ring (bicyclic) bond motifs is 1. The highest BCUT2D eigenvalue weighted by atomic mass is 16.5. The van der Waals surface area contributed by atoms with Crippen molar-refractivity contribution in [2.24, 2.45) is 0 Å². The highest BCUT2D eigenvalue weighted by Crippen LogP contribution is 2.32. The van der Waals surface area contributed by atoms with E-state index in [1.54, 1.807) is 35.2 Å². The lowest BCUT2D eigenvalue weighted by atomic mass is 10.1. The Morgan fingerprint density at radius 1 is 1.31 bits per heavy atom. The van der Waals surface area contributed by atoms with Crippen LogP contribution in [0.3, 0.4) is 0 Å². The van der Waals surface area contributed by atoms with Crippen LogP contribution in [0.5, 0.6) is 0 Å². The van der Waals surface area contributed by atoms with Gasteiger partial charge in [-0.15, -0.1) is 0 Å². The molecule has 26 heavy (non-hydrogen) atoms. The first kappa shape index (κ1) is 16.6. The number of hydrogen-bond acceptors (Lipinski definition) is 6. The van der Waals surface area contributed by atoms with Crippen molar-refractivity contribution in [3.63, 3.8) is 0 Å². The van der Waals surface area contributed by atoms with E-state index in [9.17, 15) is 9.90 Å². The van der Waals surface area contributed by atoms with Crippen LogP contribution in [0.4, 0.5) is 5.82 Å². The van der Waals surface area contributed by atoms with Gasteiger partial charge >= 0.3 is 0 Å². The third kappa shape index (κ3) is 2.93. The van der Waals surface area contributed by atoms with Gasteiger partial charge in [0.25, 0.3) is 5.91 Å². The Morgan fingerprint density at radius 3 is 2.85 bits per heavy atom. The summed E-state index contributed by atoms with van der Waals surface area (Å²) in [5.74, 6) is 0.0759. The van der Waals surface area contributed by atoms with Gasteiger partial charge in [-0.2, -0.15) is 0 Å². The summed E-state index contributed by atoms with van der Waals surface area (Å²) in [5.41, 5.74) is 1.57. The lowest BCUT2D eigenvalue weighted by Gasteiger charge is -2.14. The number of nitrogens with one attached hydrogen (secondary N) is 1. The molecule has 3 aromatic rings. The Hall–Kier alpha value is -2.84. The summed E-state index contributed by atoms with van der Waals surface area (Å²) in [6.07, 6.45) is 3.14. The van der Waals surface area contributed by atoms with Crippen molar-refractivity contribution < 1.29 is 14.6 Å². The molecule has 2 aromatic heterocycles. The van der Waals surface area contributed by atoms with Crippen molar-refractivity contribution in [1.29, 1.82) is 0 Å². The molecule has 0 aliphatic carbocycles. The number of hydrogen-bond donors (Lipinski definition) is 2. The van der Waals surface area contributed by atoms with Crippen LogP contribution < -0.4 is 5.32 Å². The molecule has 1 fully saturated rings. The van der Waals surface area contributed by atoms with Gasteiger partial charge in [0.2, 0.25) is 0 Å². The first-order chi connectivity index (χ1) is 12.7. The van der Waals surface area contributed by atoms with Gasteiger partial charge in [-0.1, -0.05) is 25.1 Å². The molecule has 1 saturated heterocycles. The van der Waals surface area contributed by atoms with Crippen molar-refractivity contribution in [2.45, 2.75) is 38.2 Å². The molecule has 0 radical (unpaired) electrons. The Morgan fingerprint density at radius 2 is 2.12 bits per heavy atom. The molecular formula is C18H19N5O3. The van der Waals surface area contributed by atoms with E-state index in [0.29, 0.717) is 29.0 Å². The van der Waals surface area contributed by atoms with Crippen LogP contribution in [0.25, 0.3) is 11.2 Å².